The first kappa shape index (κ1) is 8.20. The van der Waals surface area contributed by atoms with Crippen molar-refractivity contribution in [1.82, 2.24) is 0 Å². The van der Waals surface area contributed by atoms with E-state index in [2.05, 4.69) is 0 Å². The van der Waals surface area contributed by atoms with Gasteiger partial charge in [0.2, 0.25) is 5.79 Å². The number of hydrogen-bond donors (Lipinski definition) is 0. The molecule has 0 aromatic rings. The molecule has 2 rings (SSSR count). The fourth-order valence-corrected chi connectivity index (χ4v) is 1.85. The zero-order chi connectivity index (χ0) is 8.44. The van der Waals surface area contributed by atoms with E-state index in [1.165, 1.54) is 0 Å². The Kier molecular flexibility index (Phi) is 2.15. The maximum atomic E-state index is 11.5. The Balaban J connectivity index is 2.09. The predicted octanol–water partition coefficient (Wildman–Crippen LogP) is 1.26. The van der Waals surface area contributed by atoms with Crippen molar-refractivity contribution < 1.29 is 14.3 Å². The molecule has 0 bridgehead atoms. The Hall–Kier alpha value is -0.410. The summed E-state index contributed by atoms with van der Waals surface area (Å²) in [5.74, 6) is -0.676. The zero-order valence-corrected chi connectivity index (χ0v) is 7.17. The fourth-order valence-electron chi connectivity index (χ4n) is 1.85. The Morgan fingerprint density at radius 1 is 1.08 bits per heavy atom. The molecular formula is C9H14O3. The third kappa shape index (κ3) is 1.27. The van der Waals surface area contributed by atoms with Gasteiger partial charge in [-0.1, -0.05) is 0 Å². The van der Waals surface area contributed by atoms with Crippen LogP contribution >= 0.6 is 0 Å². The van der Waals surface area contributed by atoms with Crippen molar-refractivity contribution in [2.75, 3.05) is 13.2 Å². The number of ketones is 1. The highest BCUT2D eigenvalue weighted by molar-refractivity contribution is 5.86. The maximum absolute atomic E-state index is 11.5. The summed E-state index contributed by atoms with van der Waals surface area (Å²) < 4.78 is 10.9. The highest BCUT2D eigenvalue weighted by Gasteiger charge is 2.43. The molecule has 1 aliphatic heterocycles. The lowest BCUT2D eigenvalue weighted by atomic mass is 9.92. The monoisotopic (exact) mass is 170 g/mol. The topological polar surface area (TPSA) is 35.5 Å². The lowest BCUT2D eigenvalue weighted by Gasteiger charge is -2.38. The first-order valence-electron chi connectivity index (χ1n) is 4.65. The molecule has 1 spiro atoms. The van der Waals surface area contributed by atoms with E-state index in [0.717, 1.165) is 25.7 Å². The van der Waals surface area contributed by atoms with E-state index in [0.29, 0.717) is 19.6 Å². The molecule has 1 aliphatic carbocycles. The molecule has 0 N–H and O–H groups in total. The molecule has 1 saturated heterocycles. The molecule has 0 aromatic heterocycles. The van der Waals surface area contributed by atoms with Crippen LogP contribution in [0, 0.1) is 0 Å². The molecule has 0 unspecified atom stereocenters. The number of ether oxygens (including phenoxy) is 2. The van der Waals surface area contributed by atoms with Crippen LogP contribution in [0.15, 0.2) is 0 Å². The summed E-state index contributed by atoms with van der Waals surface area (Å²) in [4.78, 5) is 11.5. The summed E-state index contributed by atoms with van der Waals surface area (Å²) in [5, 5.41) is 0. The standard InChI is InChI=1S/C9H14O3/c10-8-4-1-2-5-9(8)11-6-3-7-12-9/h1-7H2. The van der Waals surface area contributed by atoms with Gasteiger partial charge in [0.1, 0.15) is 0 Å². The van der Waals surface area contributed by atoms with Crippen LogP contribution in [0.3, 0.4) is 0 Å². The van der Waals surface area contributed by atoms with Crippen LogP contribution in [0.4, 0.5) is 0 Å². The Morgan fingerprint density at radius 3 is 2.50 bits per heavy atom. The van der Waals surface area contributed by atoms with Crippen LogP contribution in [0.2, 0.25) is 0 Å². The summed E-state index contributed by atoms with van der Waals surface area (Å²) in [6.07, 6.45) is 4.33. The number of carbonyl (C=O) groups excluding carboxylic acids is 1. The summed E-state index contributed by atoms with van der Waals surface area (Å²) >= 11 is 0. The largest absolute Gasteiger partial charge is 0.344 e. The smallest absolute Gasteiger partial charge is 0.228 e. The lowest BCUT2D eigenvalue weighted by molar-refractivity contribution is -0.259. The van der Waals surface area contributed by atoms with Crippen molar-refractivity contribution in [2.24, 2.45) is 0 Å². The van der Waals surface area contributed by atoms with E-state index in [4.69, 9.17) is 9.47 Å². The van der Waals surface area contributed by atoms with Crippen LogP contribution in [-0.4, -0.2) is 24.8 Å². The van der Waals surface area contributed by atoms with Crippen molar-refractivity contribution in [3.63, 3.8) is 0 Å². The van der Waals surface area contributed by atoms with Crippen molar-refractivity contribution in [2.45, 2.75) is 37.9 Å². The van der Waals surface area contributed by atoms with Gasteiger partial charge in [-0.05, 0) is 19.3 Å². The van der Waals surface area contributed by atoms with Gasteiger partial charge in [-0.25, -0.2) is 0 Å². The number of hydrogen-bond acceptors (Lipinski definition) is 3. The second-order valence-electron chi connectivity index (χ2n) is 3.43. The second kappa shape index (κ2) is 3.15. The van der Waals surface area contributed by atoms with Crippen molar-refractivity contribution in [3.05, 3.63) is 0 Å². The second-order valence-corrected chi connectivity index (χ2v) is 3.43. The summed E-state index contributed by atoms with van der Waals surface area (Å²) in [7, 11) is 0. The van der Waals surface area contributed by atoms with Gasteiger partial charge in [-0.15, -0.1) is 0 Å². The predicted molar refractivity (Wildman–Crippen MR) is 42.7 cm³/mol. The highest BCUT2D eigenvalue weighted by atomic mass is 16.7. The number of carbonyl (C=O) groups is 1. The average Bonchev–Trinajstić information content (AvgIpc) is 2.12. The molecule has 12 heavy (non-hydrogen) atoms. The molecule has 1 heterocycles. The zero-order valence-electron chi connectivity index (χ0n) is 7.17. The molecule has 2 aliphatic rings. The molecule has 3 nitrogen and oxygen atoms in total. The van der Waals surface area contributed by atoms with Crippen molar-refractivity contribution in [3.8, 4) is 0 Å². The molecule has 0 aromatic carbocycles. The first-order chi connectivity index (χ1) is 5.83. The van der Waals surface area contributed by atoms with Crippen LogP contribution in [0.25, 0.3) is 0 Å². The average molecular weight is 170 g/mol. The Bertz CT molecular complexity index is 174. The summed E-state index contributed by atoms with van der Waals surface area (Å²) in [6.45, 7) is 1.34. The molecule has 68 valence electrons. The SMILES string of the molecule is O=C1CCCCC12OCCCO2. The first-order valence-corrected chi connectivity index (χ1v) is 4.65. The summed E-state index contributed by atoms with van der Waals surface area (Å²) in [6, 6.07) is 0. The van der Waals surface area contributed by atoms with Crippen LogP contribution < -0.4 is 0 Å². The van der Waals surface area contributed by atoms with Crippen LogP contribution in [-0.2, 0) is 14.3 Å². The molecule has 0 amide bonds. The van der Waals surface area contributed by atoms with E-state index < -0.39 is 5.79 Å². The molecule has 2 fully saturated rings. The number of rotatable bonds is 0. The minimum absolute atomic E-state index is 0.147. The van der Waals surface area contributed by atoms with E-state index in [-0.39, 0.29) is 5.78 Å². The van der Waals surface area contributed by atoms with Gasteiger partial charge in [0.05, 0.1) is 13.2 Å². The van der Waals surface area contributed by atoms with E-state index in [1.807, 2.05) is 0 Å². The lowest BCUT2D eigenvalue weighted by Crippen LogP contribution is -2.49. The molecule has 1 saturated carbocycles. The molecule has 0 atom stereocenters. The van der Waals surface area contributed by atoms with Gasteiger partial charge in [-0.2, -0.15) is 0 Å². The van der Waals surface area contributed by atoms with Gasteiger partial charge in [0.15, 0.2) is 5.78 Å². The normalized spacial score (nSPS) is 29.2. The van der Waals surface area contributed by atoms with E-state index in [1.54, 1.807) is 0 Å². The molecular weight excluding hydrogens is 156 g/mol. The van der Waals surface area contributed by atoms with Crippen molar-refractivity contribution in [1.29, 1.82) is 0 Å². The molecule has 0 radical (unpaired) electrons. The summed E-state index contributed by atoms with van der Waals surface area (Å²) in [5.41, 5.74) is 0. The Morgan fingerprint density at radius 2 is 1.83 bits per heavy atom. The van der Waals surface area contributed by atoms with Gasteiger partial charge in [0.25, 0.3) is 0 Å². The quantitative estimate of drug-likeness (QED) is 0.549. The van der Waals surface area contributed by atoms with E-state index >= 15 is 0 Å². The van der Waals surface area contributed by atoms with E-state index in [9.17, 15) is 4.79 Å². The van der Waals surface area contributed by atoms with Gasteiger partial charge >= 0.3 is 0 Å². The highest BCUT2D eigenvalue weighted by Crippen LogP contribution is 2.32. The third-order valence-electron chi connectivity index (χ3n) is 2.54. The number of Topliss-reactive ketones (excluding diaryl/α,β-unsaturated/α-hetero) is 1. The fraction of sp³-hybridized carbons (Fsp3) is 0.889. The van der Waals surface area contributed by atoms with Gasteiger partial charge in [-0.3, -0.25) is 4.79 Å². The minimum atomic E-state index is -0.823. The van der Waals surface area contributed by atoms with Crippen LogP contribution in [0.5, 0.6) is 0 Å². The third-order valence-corrected chi connectivity index (χ3v) is 2.54. The van der Waals surface area contributed by atoms with Gasteiger partial charge < -0.3 is 9.47 Å². The Labute approximate surface area is 72.0 Å². The van der Waals surface area contributed by atoms with Crippen LogP contribution in [0.1, 0.15) is 32.1 Å². The van der Waals surface area contributed by atoms with Gasteiger partial charge in [0, 0.05) is 12.8 Å². The minimum Gasteiger partial charge on any atom is -0.344 e. The van der Waals surface area contributed by atoms with Crippen molar-refractivity contribution >= 4 is 5.78 Å². The molecule has 3 heteroatoms. The maximum Gasteiger partial charge on any atom is 0.228 e.